The highest BCUT2D eigenvalue weighted by Crippen LogP contribution is 2.32. The number of amides is 1. The van der Waals surface area contributed by atoms with Gasteiger partial charge in [0.05, 0.1) is 37.7 Å². The van der Waals surface area contributed by atoms with Crippen molar-refractivity contribution >= 4 is 11.4 Å². The van der Waals surface area contributed by atoms with E-state index in [2.05, 4.69) is 15.5 Å². The van der Waals surface area contributed by atoms with Gasteiger partial charge in [-0.1, -0.05) is 6.07 Å². The lowest BCUT2D eigenvalue weighted by Crippen LogP contribution is -2.25. The Bertz CT molecular complexity index is 1150. The van der Waals surface area contributed by atoms with Crippen molar-refractivity contribution in [3.8, 4) is 22.8 Å². The van der Waals surface area contributed by atoms with Crippen molar-refractivity contribution in [2.45, 2.75) is 6.54 Å². The first-order valence-electron chi connectivity index (χ1n) is 9.07. The number of aryl methyl sites for hydroxylation is 1. The molecule has 0 aliphatic rings. The number of nitrogens with one attached hydrogen (secondary N) is 1. The summed E-state index contributed by atoms with van der Waals surface area (Å²) < 4.78 is 14.0. The highest BCUT2D eigenvalue weighted by Gasteiger charge is 2.17. The molecule has 0 atom stereocenters. The first kappa shape index (κ1) is 18.5. The Balaban J connectivity index is 1.55. The van der Waals surface area contributed by atoms with Crippen LogP contribution in [0.2, 0.25) is 0 Å². The highest BCUT2D eigenvalue weighted by atomic mass is 16.5. The zero-order chi connectivity index (χ0) is 20.4. The van der Waals surface area contributed by atoms with Crippen LogP contribution in [0, 0.1) is 0 Å². The summed E-state index contributed by atoms with van der Waals surface area (Å²) in [6.45, 7) is 0.323. The van der Waals surface area contributed by atoms with Gasteiger partial charge in [0.15, 0.2) is 0 Å². The quantitative estimate of drug-likeness (QED) is 0.546. The number of carbonyl (C=O) groups is 1. The van der Waals surface area contributed by atoms with Crippen LogP contribution in [0.25, 0.3) is 16.8 Å². The first-order valence-corrected chi connectivity index (χ1v) is 9.07. The summed E-state index contributed by atoms with van der Waals surface area (Å²) in [5.41, 5.74) is 3.57. The van der Waals surface area contributed by atoms with E-state index in [0.717, 1.165) is 16.8 Å². The van der Waals surface area contributed by atoms with Crippen LogP contribution < -0.4 is 14.8 Å². The van der Waals surface area contributed by atoms with Gasteiger partial charge in [-0.05, 0) is 42.5 Å². The van der Waals surface area contributed by atoms with E-state index in [0.29, 0.717) is 29.4 Å². The molecule has 0 aliphatic heterocycles. The number of hydrogen-bond acceptors (Lipinski definition) is 5. The number of fused-ring (bicyclic) bond motifs is 1. The van der Waals surface area contributed by atoms with Gasteiger partial charge in [0.2, 0.25) is 0 Å². The lowest BCUT2D eigenvalue weighted by atomic mass is 10.1. The molecule has 0 saturated heterocycles. The highest BCUT2D eigenvalue weighted by molar-refractivity contribution is 5.93. The van der Waals surface area contributed by atoms with E-state index >= 15 is 0 Å². The van der Waals surface area contributed by atoms with Crippen molar-refractivity contribution in [2.75, 3.05) is 14.2 Å². The molecule has 0 fully saturated rings. The fourth-order valence-electron chi connectivity index (χ4n) is 3.16. The minimum atomic E-state index is -0.231. The molecule has 4 aromatic rings. The van der Waals surface area contributed by atoms with Crippen LogP contribution in [-0.2, 0) is 13.6 Å². The van der Waals surface area contributed by atoms with Gasteiger partial charge < -0.3 is 14.8 Å². The molecule has 1 aromatic carbocycles. The molecule has 29 heavy (non-hydrogen) atoms. The second-order valence-electron chi connectivity index (χ2n) is 6.49. The van der Waals surface area contributed by atoms with Crippen LogP contribution in [0.15, 0.2) is 54.7 Å². The number of aromatic nitrogens is 4. The molecule has 3 aromatic heterocycles. The average Bonchev–Trinajstić information content (AvgIpc) is 3.34. The summed E-state index contributed by atoms with van der Waals surface area (Å²) in [5.74, 6) is 1.11. The van der Waals surface area contributed by atoms with Gasteiger partial charge in [0.1, 0.15) is 17.2 Å². The van der Waals surface area contributed by atoms with Gasteiger partial charge in [-0.2, -0.15) is 10.2 Å². The van der Waals surface area contributed by atoms with Crippen molar-refractivity contribution in [1.82, 2.24) is 24.7 Å². The summed E-state index contributed by atoms with van der Waals surface area (Å²) in [4.78, 5) is 12.7. The normalized spacial score (nSPS) is 10.9. The zero-order valence-electron chi connectivity index (χ0n) is 16.4. The molecule has 8 heteroatoms. The Hall–Kier alpha value is -3.81. The number of nitrogens with zero attached hydrogens (tertiary/aromatic N) is 4. The van der Waals surface area contributed by atoms with E-state index in [1.807, 2.05) is 48.7 Å². The molecule has 148 valence electrons. The topological polar surface area (TPSA) is 82.7 Å². The fraction of sp³-hybridized carbons (Fsp3) is 0.190. The molecule has 0 unspecified atom stereocenters. The van der Waals surface area contributed by atoms with Crippen LogP contribution in [0.5, 0.6) is 11.5 Å². The van der Waals surface area contributed by atoms with E-state index in [1.54, 1.807) is 36.5 Å². The second kappa shape index (κ2) is 7.67. The number of methoxy groups -OCH3 is 2. The molecule has 1 amide bonds. The average molecular weight is 391 g/mol. The van der Waals surface area contributed by atoms with E-state index in [1.165, 1.54) is 0 Å². The number of carbonyl (C=O) groups excluding carboxylic acids is 1. The second-order valence-corrected chi connectivity index (χ2v) is 6.49. The third-order valence-electron chi connectivity index (χ3n) is 4.65. The van der Waals surface area contributed by atoms with Crippen LogP contribution in [0.1, 0.15) is 16.2 Å². The predicted octanol–water partition coefficient (Wildman–Crippen LogP) is 2.68. The van der Waals surface area contributed by atoms with Crippen molar-refractivity contribution < 1.29 is 14.3 Å². The molecule has 0 bridgehead atoms. The molecule has 3 heterocycles. The molecule has 1 N–H and O–H groups in total. The van der Waals surface area contributed by atoms with Gasteiger partial charge in [0.25, 0.3) is 5.91 Å². The summed E-state index contributed by atoms with van der Waals surface area (Å²) >= 11 is 0. The summed E-state index contributed by atoms with van der Waals surface area (Å²) in [7, 11) is 4.93. The predicted molar refractivity (Wildman–Crippen MR) is 108 cm³/mol. The molecular weight excluding hydrogens is 370 g/mol. The number of ether oxygens (including phenoxy) is 2. The Kier molecular flexibility index (Phi) is 4.90. The van der Waals surface area contributed by atoms with Crippen LogP contribution in [0.3, 0.4) is 0 Å². The molecule has 0 saturated carbocycles. The monoisotopic (exact) mass is 391 g/mol. The maximum absolute atomic E-state index is 12.7. The summed E-state index contributed by atoms with van der Waals surface area (Å²) in [5, 5.41) is 11.8. The van der Waals surface area contributed by atoms with Crippen LogP contribution in [-0.4, -0.2) is 39.5 Å². The maximum Gasteiger partial charge on any atom is 0.269 e. The van der Waals surface area contributed by atoms with Gasteiger partial charge >= 0.3 is 0 Å². The van der Waals surface area contributed by atoms with Gasteiger partial charge in [-0.25, -0.2) is 4.52 Å². The Morgan fingerprint density at radius 2 is 1.93 bits per heavy atom. The van der Waals surface area contributed by atoms with E-state index in [-0.39, 0.29) is 5.91 Å². The van der Waals surface area contributed by atoms with Crippen LogP contribution >= 0.6 is 0 Å². The number of pyridine rings is 1. The summed E-state index contributed by atoms with van der Waals surface area (Å²) in [6.07, 6.45) is 1.87. The molecule has 0 spiro atoms. The van der Waals surface area contributed by atoms with Crippen molar-refractivity contribution in [2.24, 2.45) is 7.05 Å². The number of rotatable bonds is 6. The van der Waals surface area contributed by atoms with E-state index in [9.17, 15) is 4.79 Å². The maximum atomic E-state index is 12.7. The number of hydrogen-bond donors (Lipinski definition) is 1. The minimum absolute atomic E-state index is 0.231. The summed E-state index contributed by atoms with van der Waals surface area (Å²) in [6, 6.07) is 15.0. The molecular formula is C21H21N5O3. The van der Waals surface area contributed by atoms with Gasteiger partial charge in [-0.15, -0.1) is 0 Å². The smallest absolute Gasteiger partial charge is 0.269 e. The van der Waals surface area contributed by atoms with Crippen LogP contribution in [0.4, 0.5) is 0 Å². The Labute approximate surface area is 167 Å². The SMILES string of the molecule is COc1ccc(OC)c(-c2cc(C(=O)NCc3cc4ccccn4n3)n(C)n2)c1. The van der Waals surface area contributed by atoms with E-state index in [4.69, 9.17) is 9.47 Å². The zero-order valence-corrected chi connectivity index (χ0v) is 16.4. The third-order valence-corrected chi connectivity index (χ3v) is 4.65. The largest absolute Gasteiger partial charge is 0.497 e. The minimum Gasteiger partial charge on any atom is -0.497 e. The standard InChI is InChI=1S/C21H21N5O3/c1-25-19(12-18(24-25)17-11-16(28-2)7-8-20(17)29-3)21(27)22-13-14-10-15-6-4-5-9-26(15)23-14/h4-12H,13H2,1-3H3,(H,22,27). The molecule has 0 aliphatic carbocycles. The lowest BCUT2D eigenvalue weighted by molar-refractivity contribution is 0.0941. The number of benzene rings is 1. The fourth-order valence-corrected chi connectivity index (χ4v) is 3.16. The van der Waals surface area contributed by atoms with Crippen molar-refractivity contribution in [1.29, 1.82) is 0 Å². The van der Waals surface area contributed by atoms with Crippen molar-refractivity contribution in [3.63, 3.8) is 0 Å². The molecule has 0 radical (unpaired) electrons. The van der Waals surface area contributed by atoms with E-state index < -0.39 is 0 Å². The molecule has 4 rings (SSSR count). The lowest BCUT2D eigenvalue weighted by Gasteiger charge is -2.08. The first-order chi connectivity index (χ1) is 14.1. The Morgan fingerprint density at radius 3 is 2.69 bits per heavy atom. The Morgan fingerprint density at radius 1 is 1.07 bits per heavy atom. The van der Waals surface area contributed by atoms with Crippen molar-refractivity contribution in [3.05, 3.63) is 66.1 Å². The van der Waals surface area contributed by atoms with Gasteiger partial charge in [0, 0.05) is 18.8 Å². The third kappa shape index (κ3) is 3.64. The van der Waals surface area contributed by atoms with Gasteiger partial charge in [-0.3, -0.25) is 9.48 Å². The molecule has 8 nitrogen and oxygen atoms in total.